The minimum atomic E-state index is -0.306. The molecule has 1 N–H and O–H groups in total. The van der Waals surface area contributed by atoms with Gasteiger partial charge in [0.05, 0.1) is 0 Å². The van der Waals surface area contributed by atoms with E-state index in [-0.39, 0.29) is 24.2 Å². The standard InChI is InChI=1S/C21H17NO5/c1-13(23)15-3-5-16(6-4-15)17-8-9-19(27-17)21(24)22-11-14-2-7-18-20(10-14)26-12-25-18/h2-10H,11-12H2,1H3,(H,22,24). The fourth-order valence-corrected chi connectivity index (χ4v) is 2.80. The summed E-state index contributed by atoms with van der Waals surface area (Å²) < 4.78 is 16.3. The monoisotopic (exact) mass is 363 g/mol. The maximum Gasteiger partial charge on any atom is 0.287 e. The van der Waals surface area contributed by atoms with Gasteiger partial charge in [0.2, 0.25) is 6.79 Å². The number of carbonyl (C=O) groups is 2. The summed E-state index contributed by atoms with van der Waals surface area (Å²) in [6.45, 7) is 2.08. The number of hydrogen-bond acceptors (Lipinski definition) is 5. The Morgan fingerprint density at radius 2 is 1.74 bits per heavy atom. The number of furan rings is 1. The van der Waals surface area contributed by atoms with E-state index in [1.54, 1.807) is 36.4 Å². The number of Topliss-reactive ketones (excluding diaryl/α,β-unsaturated/α-hetero) is 1. The number of carbonyl (C=O) groups excluding carboxylic acids is 2. The summed E-state index contributed by atoms with van der Waals surface area (Å²) in [6, 6.07) is 16.0. The molecule has 4 rings (SSSR count). The third-order valence-electron chi connectivity index (χ3n) is 4.30. The first-order valence-electron chi connectivity index (χ1n) is 8.48. The van der Waals surface area contributed by atoms with E-state index in [1.165, 1.54) is 6.92 Å². The van der Waals surface area contributed by atoms with E-state index in [0.29, 0.717) is 29.4 Å². The molecular weight excluding hydrogens is 346 g/mol. The van der Waals surface area contributed by atoms with Crippen LogP contribution in [0.25, 0.3) is 11.3 Å². The second-order valence-electron chi connectivity index (χ2n) is 6.17. The molecular formula is C21H17NO5. The third-order valence-corrected chi connectivity index (χ3v) is 4.30. The van der Waals surface area contributed by atoms with Crippen molar-refractivity contribution in [2.45, 2.75) is 13.5 Å². The van der Waals surface area contributed by atoms with Gasteiger partial charge in [-0.2, -0.15) is 0 Å². The predicted octanol–water partition coefficient (Wildman–Crippen LogP) is 3.81. The van der Waals surface area contributed by atoms with Crippen LogP contribution in [0, 0.1) is 0 Å². The van der Waals surface area contributed by atoms with Crippen LogP contribution in [0.15, 0.2) is 59.0 Å². The first-order chi connectivity index (χ1) is 13.1. The van der Waals surface area contributed by atoms with Crippen LogP contribution >= 0.6 is 0 Å². The highest BCUT2D eigenvalue weighted by Gasteiger charge is 2.15. The Morgan fingerprint density at radius 3 is 2.52 bits per heavy atom. The van der Waals surface area contributed by atoms with Crippen molar-refractivity contribution >= 4 is 11.7 Å². The van der Waals surface area contributed by atoms with Gasteiger partial charge in [0.25, 0.3) is 5.91 Å². The fraction of sp³-hybridized carbons (Fsp3) is 0.143. The lowest BCUT2D eigenvalue weighted by molar-refractivity contribution is 0.0923. The van der Waals surface area contributed by atoms with Gasteiger partial charge in [-0.3, -0.25) is 9.59 Å². The average Bonchev–Trinajstić information content (AvgIpc) is 3.35. The first-order valence-corrected chi connectivity index (χ1v) is 8.48. The van der Waals surface area contributed by atoms with Crippen LogP contribution in [0.4, 0.5) is 0 Å². The zero-order valence-electron chi connectivity index (χ0n) is 14.7. The van der Waals surface area contributed by atoms with Gasteiger partial charge in [-0.05, 0) is 36.8 Å². The van der Waals surface area contributed by atoms with E-state index in [9.17, 15) is 9.59 Å². The zero-order valence-corrected chi connectivity index (χ0v) is 14.7. The number of fused-ring (bicyclic) bond motifs is 1. The molecule has 0 bridgehead atoms. The highest BCUT2D eigenvalue weighted by molar-refractivity contribution is 5.94. The minimum absolute atomic E-state index is 0.00424. The Labute approximate surface area is 155 Å². The molecule has 2 heterocycles. The van der Waals surface area contributed by atoms with Gasteiger partial charge >= 0.3 is 0 Å². The molecule has 0 unspecified atom stereocenters. The summed E-state index contributed by atoms with van der Waals surface area (Å²) in [6.07, 6.45) is 0. The van der Waals surface area contributed by atoms with Crippen molar-refractivity contribution in [1.82, 2.24) is 5.32 Å². The van der Waals surface area contributed by atoms with E-state index >= 15 is 0 Å². The van der Waals surface area contributed by atoms with Crippen LogP contribution in [-0.2, 0) is 6.54 Å². The van der Waals surface area contributed by atoms with Crippen molar-refractivity contribution in [3.05, 3.63) is 71.5 Å². The lowest BCUT2D eigenvalue weighted by Gasteiger charge is -2.05. The summed E-state index contributed by atoms with van der Waals surface area (Å²) in [5.74, 6) is 1.87. The molecule has 0 spiro atoms. The fourth-order valence-electron chi connectivity index (χ4n) is 2.80. The van der Waals surface area contributed by atoms with Gasteiger partial charge in [-0.1, -0.05) is 30.3 Å². The normalized spacial score (nSPS) is 12.0. The van der Waals surface area contributed by atoms with Crippen molar-refractivity contribution in [2.24, 2.45) is 0 Å². The number of hydrogen-bond donors (Lipinski definition) is 1. The van der Waals surface area contributed by atoms with Crippen molar-refractivity contribution in [2.75, 3.05) is 6.79 Å². The summed E-state index contributed by atoms with van der Waals surface area (Å²) in [4.78, 5) is 23.7. The topological polar surface area (TPSA) is 77.8 Å². The average molecular weight is 363 g/mol. The number of nitrogens with one attached hydrogen (secondary N) is 1. The molecule has 6 nitrogen and oxygen atoms in total. The molecule has 0 radical (unpaired) electrons. The summed E-state index contributed by atoms with van der Waals surface area (Å²) in [5.41, 5.74) is 2.33. The predicted molar refractivity (Wildman–Crippen MR) is 97.9 cm³/mol. The largest absolute Gasteiger partial charge is 0.454 e. The minimum Gasteiger partial charge on any atom is -0.454 e. The van der Waals surface area contributed by atoms with E-state index in [2.05, 4.69) is 5.32 Å². The maximum atomic E-state index is 12.3. The van der Waals surface area contributed by atoms with Crippen molar-refractivity contribution in [3.63, 3.8) is 0 Å². The second-order valence-corrected chi connectivity index (χ2v) is 6.17. The van der Waals surface area contributed by atoms with Crippen LogP contribution in [0.3, 0.4) is 0 Å². The van der Waals surface area contributed by atoms with Gasteiger partial charge in [0.1, 0.15) is 5.76 Å². The van der Waals surface area contributed by atoms with Gasteiger partial charge in [-0.25, -0.2) is 0 Å². The molecule has 2 aromatic carbocycles. The second kappa shape index (κ2) is 6.99. The molecule has 0 saturated heterocycles. The van der Waals surface area contributed by atoms with Crippen LogP contribution < -0.4 is 14.8 Å². The quantitative estimate of drug-likeness (QED) is 0.698. The van der Waals surface area contributed by atoms with Gasteiger partial charge < -0.3 is 19.2 Å². The molecule has 1 amide bonds. The Hall–Kier alpha value is -3.54. The summed E-state index contributed by atoms with van der Waals surface area (Å²) >= 11 is 0. The maximum absolute atomic E-state index is 12.3. The smallest absolute Gasteiger partial charge is 0.287 e. The molecule has 27 heavy (non-hydrogen) atoms. The number of rotatable bonds is 5. The van der Waals surface area contributed by atoms with E-state index < -0.39 is 0 Å². The molecule has 0 saturated carbocycles. The van der Waals surface area contributed by atoms with Gasteiger partial charge in [0.15, 0.2) is 23.0 Å². The van der Waals surface area contributed by atoms with Gasteiger partial charge in [-0.15, -0.1) is 0 Å². The van der Waals surface area contributed by atoms with Crippen LogP contribution in [0.1, 0.15) is 33.4 Å². The highest BCUT2D eigenvalue weighted by atomic mass is 16.7. The Bertz CT molecular complexity index is 1000. The van der Waals surface area contributed by atoms with E-state index in [0.717, 1.165) is 11.1 Å². The molecule has 6 heteroatoms. The lowest BCUT2D eigenvalue weighted by atomic mass is 10.1. The Balaban J connectivity index is 1.42. The number of amides is 1. The molecule has 1 aromatic heterocycles. The van der Waals surface area contributed by atoms with Gasteiger partial charge in [0, 0.05) is 17.7 Å². The summed E-state index contributed by atoms with van der Waals surface area (Å²) in [7, 11) is 0. The molecule has 0 fully saturated rings. The van der Waals surface area contributed by atoms with Crippen molar-refractivity contribution in [1.29, 1.82) is 0 Å². The molecule has 3 aromatic rings. The molecule has 0 atom stereocenters. The lowest BCUT2D eigenvalue weighted by Crippen LogP contribution is -2.22. The van der Waals surface area contributed by atoms with Crippen molar-refractivity contribution in [3.8, 4) is 22.8 Å². The zero-order chi connectivity index (χ0) is 18.8. The number of ether oxygens (including phenoxy) is 2. The number of benzene rings is 2. The van der Waals surface area contributed by atoms with E-state index in [1.807, 2.05) is 18.2 Å². The molecule has 0 aliphatic carbocycles. The highest BCUT2D eigenvalue weighted by Crippen LogP contribution is 2.32. The molecule has 1 aliphatic rings. The third kappa shape index (κ3) is 3.55. The van der Waals surface area contributed by atoms with Crippen molar-refractivity contribution < 1.29 is 23.5 Å². The van der Waals surface area contributed by atoms with E-state index in [4.69, 9.17) is 13.9 Å². The van der Waals surface area contributed by atoms with Crippen LogP contribution in [-0.4, -0.2) is 18.5 Å². The Kier molecular flexibility index (Phi) is 4.38. The SMILES string of the molecule is CC(=O)c1ccc(-c2ccc(C(=O)NCc3ccc4c(c3)OCO4)o2)cc1. The summed E-state index contributed by atoms with van der Waals surface area (Å²) in [5, 5.41) is 2.82. The van der Waals surface area contributed by atoms with Crippen LogP contribution in [0.2, 0.25) is 0 Å². The molecule has 136 valence electrons. The van der Waals surface area contributed by atoms with Crippen LogP contribution in [0.5, 0.6) is 11.5 Å². The first kappa shape index (κ1) is 16.9. The molecule has 1 aliphatic heterocycles. The number of ketones is 1. The Morgan fingerprint density at radius 1 is 0.963 bits per heavy atom.